The number of carboxylic acids is 1. The minimum Gasteiger partial charge on any atom is -0.486 e. The third-order valence-corrected chi connectivity index (χ3v) is 7.12. The lowest BCUT2D eigenvalue weighted by molar-refractivity contribution is -0.132. The molecule has 0 fully saturated rings. The molecule has 0 atom stereocenters. The molecular weight excluding hydrogens is 478 g/mol. The summed E-state index contributed by atoms with van der Waals surface area (Å²) in [5.41, 5.74) is 6.16. The van der Waals surface area contributed by atoms with E-state index < -0.39 is 5.97 Å². The second-order valence-corrected chi connectivity index (χ2v) is 9.48. The molecule has 0 unspecified atom stereocenters. The second-order valence-electron chi connectivity index (χ2n) is 8.36. The van der Waals surface area contributed by atoms with E-state index in [1.807, 2.05) is 55.6 Å². The zero-order valence-corrected chi connectivity index (χ0v) is 20.9. The lowest BCUT2D eigenvalue weighted by Crippen LogP contribution is -2.09. The summed E-state index contributed by atoms with van der Waals surface area (Å²) in [6.07, 6.45) is 1.41. The second kappa shape index (κ2) is 10.4. The largest absolute Gasteiger partial charge is 0.486 e. The maximum absolute atomic E-state index is 11.2. The van der Waals surface area contributed by atoms with Crippen molar-refractivity contribution in [2.24, 2.45) is 7.05 Å². The van der Waals surface area contributed by atoms with E-state index in [0.29, 0.717) is 0 Å². The van der Waals surface area contributed by atoms with Gasteiger partial charge in [0, 0.05) is 34.7 Å². The van der Waals surface area contributed by atoms with Crippen LogP contribution in [0.5, 0.6) is 0 Å². The number of thiophene rings is 1. The number of hydrogen-bond donors (Lipinski definition) is 1. The lowest BCUT2D eigenvalue weighted by Gasteiger charge is -2.25. The SMILES string of the molecule is [C-]#[N+]C(=Cc1ccc(-c2ccc(-c3ccc(N(c4ccccc4)c4ccccc4)cc3)n2C)s1)C(=O)O. The summed E-state index contributed by atoms with van der Waals surface area (Å²) in [7, 11) is 2.02. The Morgan fingerprint density at radius 1 is 0.811 bits per heavy atom. The number of para-hydroxylation sites is 2. The number of carbonyl (C=O) groups is 1. The Kier molecular flexibility index (Phi) is 6.71. The van der Waals surface area contributed by atoms with Crippen molar-refractivity contribution in [1.82, 2.24) is 4.57 Å². The molecule has 5 nitrogen and oxygen atoms in total. The van der Waals surface area contributed by atoms with E-state index >= 15 is 0 Å². The number of benzene rings is 3. The van der Waals surface area contributed by atoms with Crippen LogP contribution in [0.15, 0.2) is 115 Å². The first-order chi connectivity index (χ1) is 18.0. The van der Waals surface area contributed by atoms with Crippen molar-refractivity contribution in [3.8, 4) is 21.8 Å². The first-order valence-electron chi connectivity index (χ1n) is 11.6. The number of rotatable bonds is 7. The number of carboxylic acid groups (broad SMARTS) is 1. The molecule has 0 saturated carbocycles. The highest BCUT2D eigenvalue weighted by Gasteiger charge is 2.15. The molecule has 5 rings (SSSR count). The van der Waals surface area contributed by atoms with Gasteiger partial charge in [-0.15, -0.1) is 11.3 Å². The first kappa shape index (κ1) is 23.9. The van der Waals surface area contributed by atoms with E-state index in [2.05, 4.69) is 75.0 Å². The summed E-state index contributed by atoms with van der Waals surface area (Å²) in [6.45, 7) is 7.06. The maximum atomic E-state index is 11.2. The summed E-state index contributed by atoms with van der Waals surface area (Å²) in [5, 5.41) is 9.13. The molecule has 2 heterocycles. The molecule has 1 N–H and O–H groups in total. The number of anilines is 3. The molecule has 5 aromatic rings. The van der Waals surface area contributed by atoms with Crippen molar-refractivity contribution in [1.29, 1.82) is 0 Å². The Labute approximate surface area is 219 Å². The topological polar surface area (TPSA) is 49.8 Å². The van der Waals surface area contributed by atoms with E-state index in [9.17, 15) is 4.79 Å². The Bertz CT molecular complexity index is 1570. The van der Waals surface area contributed by atoms with Crippen LogP contribution < -0.4 is 4.90 Å². The van der Waals surface area contributed by atoms with Crippen LogP contribution in [0, 0.1) is 6.57 Å². The van der Waals surface area contributed by atoms with Crippen molar-refractivity contribution in [3.05, 3.63) is 131 Å². The highest BCUT2D eigenvalue weighted by atomic mass is 32.1. The predicted octanol–water partition coefficient (Wildman–Crippen LogP) is 8.24. The van der Waals surface area contributed by atoms with Gasteiger partial charge in [-0.1, -0.05) is 48.5 Å². The maximum Gasteiger partial charge on any atom is 0.333 e. The normalized spacial score (nSPS) is 11.2. The van der Waals surface area contributed by atoms with Crippen LogP contribution in [0.25, 0.3) is 32.7 Å². The van der Waals surface area contributed by atoms with Gasteiger partial charge in [-0.05, 0) is 72.3 Å². The van der Waals surface area contributed by atoms with Gasteiger partial charge in [0.05, 0.1) is 17.1 Å². The molecule has 0 aliphatic heterocycles. The van der Waals surface area contributed by atoms with Gasteiger partial charge in [-0.3, -0.25) is 4.79 Å². The molecule has 0 aliphatic rings. The zero-order valence-electron chi connectivity index (χ0n) is 20.1. The summed E-state index contributed by atoms with van der Waals surface area (Å²) < 4.78 is 2.13. The highest BCUT2D eigenvalue weighted by molar-refractivity contribution is 7.16. The Balaban J connectivity index is 1.45. The fourth-order valence-corrected chi connectivity index (χ4v) is 5.28. The number of aliphatic carboxylic acids is 1. The van der Waals surface area contributed by atoms with Gasteiger partial charge in [0.15, 0.2) is 0 Å². The molecule has 0 amide bonds. The van der Waals surface area contributed by atoms with E-state index in [-0.39, 0.29) is 5.70 Å². The smallest absolute Gasteiger partial charge is 0.333 e. The van der Waals surface area contributed by atoms with Gasteiger partial charge in [0.1, 0.15) is 0 Å². The van der Waals surface area contributed by atoms with Crippen LogP contribution in [-0.4, -0.2) is 15.6 Å². The van der Waals surface area contributed by atoms with E-state index in [4.69, 9.17) is 11.7 Å². The quantitative estimate of drug-likeness (QED) is 0.180. The van der Waals surface area contributed by atoms with E-state index in [0.717, 1.165) is 43.8 Å². The molecule has 0 radical (unpaired) electrons. The van der Waals surface area contributed by atoms with Gasteiger partial charge in [0.25, 0.3) is 5.70 Å². The molecule has 0 spiro atoms. The van der Waals surface area contributed by atoms with Gasteiger partial charge in [-0.2, -0.15) is 0 Å². The van der Waals surface area contributed by atoms with Crippen molar-refractivity contribution in [3.63, 3.8) is 0 Å². The standard InChI is InChI=1S/C31H23N3O2S/c1-32-27(31(35)36)21-26-17-20-30(37-26)29-19-18-28(33(29)2)22-13-15-25(16-14-22)34(23-9-5-3-6-10-23)24-11-7-4-8-12-24/h3-21H,2H3,(H,35,36). The molecular formula is C31H23N3O2S. The van der Waals surface area contributed by atoms with Crippen LogP contribution in [0.3, 0.4) is 0 Å². The Morgan fingerprint density at radius 2 is 1.38 bits per heavy atom. The van der Waals surface area contributed by atoms with Gasteiger partial charge in [-0.25, -0.2) is 4.85 Å². The third-order valence-electron chi connectivity index (χ3n) is 6.07. The average Bonchev–Trinajstić information content (AvgIpc) is 3.55. The van der Waals surface area contributed by atoms with Gasteiger partial charge < -0.3 is 14.6 Å². The highest BCUT2D eigenvalue weighted by Crippen LogP contribution is 2.37. The van der Waals surface area contributed by atoms with Crippen LogP contribution in [0.1, 0.15) is 4.88 Å². The van der Waals surface area contributed by atoms with Crippen LogP contribution in [0.2, 0.25) is 0 Å². The molecule has 2 aromatic heterocycles. The Hall–Kier alpha value is -4.86. The number of nitrogens with zero attached hydrogens (tertiary/aromatic N) is 3. The summed E-state index contributed by atoms with van der Waals surface area (Å²) >= 11 is 1.46. The lowest BCUT2D eigenvalue weighted by atomic mass is 10.1. The monoisotopic (exact) mass is 501 g/mol. The van der Waals surface area contributed by atoms with Gasteiger partial charge in [0.2, 0.25) is 0 Å². The molecule has 37 heavy (non-hydrogen) atoms. The number of hydrogen-bond acceptors (Lipinski definition) is 3. The molecule has 0 bridgehead atoms. The van der Waals surface area contributed by atoms with Crippen molar-refractivity contribution in [2.45, 2.75) is 0 Å². The van der Waals surface area contributed by atoms with Crippen LogP contribution >= 0.6 is 11.3 Å². The molecule has 6 heteroatoms. The van der Waals surface area contributed by atoms with Crippen LogP contribution in [0.4, 0.5) is 17.1 Å². The van der Waals surface area contributed by atoms with Crippen LogP contribution in [-0.2, 0) is 11.8 Å². The fourth-order valence-electron chi connectivity index (χ4n) is 4.28. The van der Waals surface area contributed by atoms with E-state index in [1.54, 1.807) is 0 Å². The first-order valence-corrected chi connectivity index (χ1v) is 12.5. The van der Waals surface area contributed by atoms with Gasteiger partial charge >= 0.3 is 5.97 Å². The molecule has 0 saturated heterocycles. The zero-order chi connectivity index (χ0) is 25.8. The molecule has 180 valence electrons. The molecule has 0 aliphatic carbocycles. The van der Waals surface area contributed by atoms with Crippen molar-refractivity contribution in [2.75, 3.05) is 4.90 Å². The summed E-state index contributed by atoms with van der Waals surface area (Å²) in [4.78, 5) is 18.2. The molecule has 3 aromatic carbocycles. The van der Waals surface area contributed by atoms with E-state index in [1.165, 1.54) is 17.4 Å². The number of aromatic nitrogens is 1. The van der Waals surface area contributed by atoms with Crippen molar-refractivity contribution < 1.29 is 9.90 Å². The summed E-state index contributed by atoms with van der Waals surface area (Å²) in [6, 6.07) is 37.1. The average molecular weight is 502 g/mol. The summed E-state index contributed by atoms with van der Waals surface area (Å²) in [5.74, 6) is -1.22. The third kappa shape index (κ3) is 4.94. The minimum atomic E-state index is -1.22. The predicted molar refractivity (Wildman–Crippen MR) is 151 cm³/mol. The minimum absolute atomic E-state index is 0.291. The fraction of sp³-hybridized carbons (Fsp3) is 0.0323. The van der Waals surface area contributed by atoms with Crippen molar-refractivity contribution >= 4 is 40.4 Å². The Morgan fingerprint density at radius 3 is 1.95 bits per heavy atom.